The molecule has 0 aliphatic rings. The molecule has 0 fully saturated rings. The summed E-state index contributed by atoms with van der Waals surface area (Å²) >= 11 is 8.94. The van der Waals surface area contributed by atoms with Crippen LogP contribution in [0.4, 0.5) is 0 Å². The van der Waals surface area contributed by atoms with Crippen LogP contribution in [0.2, 0.25) is 5.02 Å². The molecule has 0 radical (unpaired) electrons. The number of benzene rings is 1. The van der Waals surface area contributed by atoms with Crippen molar-refractivity contribution in [1.82, 2.24) is 5.32 Å². The molecule has 0 aliphatic carbocycles. The van der Waals surface area contributed by atoms with E-state index in [-0.39, 0.29) is 0 Å². The second kappa shape index (κ2) is 5.04. The van der Waals surface area contributed by atoms with E-state index in [1.165, 1.54) is 0 Å². The van der Waals surface area contributed by atoms with Gasteiger partial charge in [0, 0.05) is 12.1 Å². The number of hydrogen-bond donors (Lipinski definition) is 1. The maximum Gasteiger partial charge on any atom is 0.118 e. The fourth-order valence-corrected chi connectivity index (χ4v) is 1.61. The van der Waals surface area contributed by atoms with E-state index in [0.717, 1.165) is 11.3 Å². The van der Waals surface area contributed by atoms with Gasteiger partial charge in [0.05, 0.1) is 5.70 Å². The van der Waals surface area contributed by atoms with Crippen molar-refractivity contribution in [3.8, 4) is 6.07 Å². The Morgan fingerprint density at radius 2 is 2.00 bits per heavy atom. The van der Waals surface area contributed by atoms with Gasteiger partial charge in [0.1, 0.15) is 10.6 Å². The van der Waals surface area contributed by atoms with Crippen molar-refractivity contribution >= 4 is 33.2 Å². The van der Waals surface area contributed by atoms with Crippen molar-refractivity contribution in [2.75, 3.05) is 7.05 Å². The number of allylic oxidation sites excluding steroid dienone is 1. The Morgan fingerprint density at radius 3 is 2.43 bits per heavy atom. The van der Waals surface area contributed by atoms with Gasteiger partial charge >= 0.3 is 0 Å². The summed E-state index contributed by atoms with van der Waals surface area (Å²) in [6.45, 7) is 0. The van der Waals surface area contributed by atoms with Crippen molar-refractivity contribution in [3.63, 3.8) is 0 Å². The standard InChI is InChI=1S/C10H8BrClN2/c1-14-10(9(11)6-13)7-2-4-8(12)5-3-7/h2-5,14H,1H3. The van der Waals surface area contributed by atoms with E-state index in [4.69, 9.17) is 16.9 Å². The Morgan fingerprint density at radius 1 is 1.43 bits per heavy atom. The first-order valence-corrected chi connectivity index (χ1v) is 5.09. The lowest BCUT2D eigenvalue weighted by atomic mass is 10.1. The van der Waals surface area contributed by atoms with Gasteiger partial charge in [-0.1, -0.05) is 23.7 Å². The normalized spacial score (nSPS) is 11.6. The van der Waals surface area contributed by atoms with Gasteiger partial charge in [-0.3, -0.25) is 0 Å². The van der Waals surface area contributed by atoms with Crippen LogP contribution in [-0.2, 0) is 0 Å². The van der Waals surface area contributed by atoms with E-state index >= 15 is 0 Å². The number of hydrogen-bond acceptors (Lipinski definition) is 2. The van der Waals surface area contributed by atoms with Crippen LogP contribution in [0.3, 0.4) is 0 Å². The van der Waals surface area contributed by atoms with Crippen LogP contribution < -0.4 is 5.32 Å². The number of nitrogens with zero attached hydrogens (tertiary/aromatic N) is 1. The monoisotopic (exact) mass is 270 g/mol. The lowest BCUT2D eigenvalue weighted by Crippen LogP contribution is -2.05. The van der Waals surface area contributed by atoms with Crippen LogP contribution in [0.5, 0.6) is 0 Å². The predicted octanol–water partition coefficient (Wildman–Crippen LogP) is 3.15. The molecule has 0 spiro atoms. The van der Waals surface area contributed by atoms with Crippen molar-refractivity contribution in [3.05, 3.63) is 39.3 Å². The van der Waals surface area contributed by atoms with Crippen molar-refractivity contribution < 1.29 is 0 Å². The van der Waals surface area contributed by atoms with Crippen LogP contribution in [0, 0.1) is 11.3 Å². The molecule has 2 nitrogen and oxygen atoms in total. The number of halogens is 2. The van der Waals surface area contributed by atoms with E-state index in [2.05, 4.69) is 21.2 Å². The van der Waals surface area contributed by atoms with E-state index < -0.39 is 0 Å². The van der Waals surface area contributed by atoms with Gasteiger partial charge in [-0.15, -0.1) is 0 Å². The first kappa shape index (κ1) is 11.1. The number of nitrogens with one attached hydrogen (secondary N) is 1. The third kappa shape index (κ3) is 2.50. The summed E-state index contributed by atoms with van der Waals surface area (Å²) in [6.07, 6.45) is 0. The molecule has 0 aliphatic heterocycles. The summed E-state index contributed by atoms with van der Waals surface area (Å²) in [5, 5.41) is 12.4. The van der Waals surface area contributed by atoms with E-state index in [1.807, 2.05) is 18.2 Å². The summed E-state index contributed by atoms with van der Waals surface area (Å²) in [6, 6.07) is 9.30. The van der Waals surface area contributed by atoms with Crippen LogP contribution in [-0.4, -0.2) is 7.05 Å². The Hall–Kier alpha value is -0.980. The van der Waals surface area contributed by atoms with E-state index in [0.29, 0.717) is 9.51 Å². The zero-order valence-corrected chi connectivity index (χ0v) is 9.85. The summed E-state index contributed by atoms with van der Waals surface area (Å²) in [7, 11) is 1.77. The van der Waals surface area contributed by atoms with Crippen LogP contribution >= 0.6 is 27.5 Å². The van der Waals surface area contributed by atoms with Gasteiger partial charge in [0.25, 0.3) is 0 Å². The zero-order chi connectivity index (χ0) is 10.6. The zero-order valence-electron chi connectivity index (χ0n) is 7.51. The van der Waals surface area contributed by atoms with E-state index in [1.54, 1.807) is 19.2 Å². The molecule has 14 heavy (non-hydrogen) atoms. The molecule has 0 amide bonds. The quantitative estimate of drug-likeness (QED) is 0.839. The van der Waals surface area contributed by atoms with Gasteiger partial charge in [-0.2, -0.15) is 5.26 Å². The molecule has 0 heterocycles. The Kier molecular flexibility index (Phi) is 3.99. The van der Waals surface area contributed by atoms with Gasteiger partial charge in [-0.05, 0) is 33.6 Å². The largest absolute Gasteiger partial charge is 0.386 e. The van der Waals surface area contributed by atoms with Crippen molar-refractivity contribution in [2.45, 2.75) is 0 Å². The van der Waals surface area contributed by atoms with Gasteiger partial charge in [-0.25, -0.2) is 0 Å². The third-order valence-electron chi connectivity index (χ3n) is 1.70. The second-order valence-electron chi connectivity index (χ2n) is 2.56. The summed E-state index contributed by atoms with van der Waals surface area (Å²) < 4.78 is 0.474. The van der Waals surface area contributed by atoms with Gasteiger partial charge < -0.3 is 5.32 Å². The Bertz CT molecular complexity index is 390. The molecule has 0 saturated heterocycles. The molecule has 0 unspecified atom stereocenters. The van der Waals surface area contributed by atoms with Crippen LogP contribution in [0.25, 0.3) is 5.70 Å². The smallest absolute Gasteiger partial charge is 0.118 e. The summed E-state index contributed by atoms with van der Waals surface area (Å²) in [5.74, 6) is 0. The molecule has 1 aromatic carbocycles. The molecule has 1 N–H and O–H groups in total. The molecule has 1 aromatic rings. The summed E-state index contributed by atoms with van der Waals surface area (Å²) in [5.41, 5.74) is 1.68. The fourth-order valence-electron chi connectivity index (χ4n) is 1.05. The summed E-state index contributed by atoms with van der Waals surface area (Å²) in [4.78, 5) is 0. The average molecular weight is 272 g/mol. The first-order chi connectivity index (χ1) is 6.69. The Labute approximate surface area is 96.3 Å². The highest BCUT2D eigenvalue weighted by molar-refractivity contribution is 9.12. The minimum Gasteiger partial charge on any atom is -0.386 e. The molecule has 0 aromatic heterocycles. The molecule has 1 rings (SSSR count). The Balaban J connectivity index is 3.16. The van der Waals surface area contributed by atoms with Gasteiger partial charge in [0.2, 0.25) is 0 Å². The number of rotatable bonds is 2. The molecule has 4 heteroatoms. The van der Waals surface area contributed by atoms with Crippen LogP contribution in [0.1, 0.15) is 5.56 Å². The van der Waals surface area contributed by atoms with Crippen LogP contribution in [0.15, 0.2) is 28.7 Å². The lowest BCUT2D eigenvalue weighted by molar-refractivity contribution is 1.12. The third-order valence-corrected chi connectivity index (χ3v) is 2.53. The minimum atomic E-state index is 0.474. The topological polar surface area (TPSA) is 35.8 Å². The molecule has 0 saturated carbocycles. The SMILES string of the molecule is CNC(=C(Br)C#N)c1ccc(Cl)cc1. The maximum atomic E-state index is 8.73. The van der Waals surface area contributed by atoms with Gasteiger partial charge in [0.15, 0.2) is 0 Å². The average Bonchev–Trinajstić information content (AvgIpc) is 2.21. The van der Waals surface area contributed by atoms with E-state index in [9.17, 15) is 0 Å². The molecule has 0 atom stereocenters. The second-order valence-corrected chi connectivity index (χ2v) is 3.79. The molecular formula is C10H8BrClN2. The number of nitriles is 1. The van der Waals surface area contributed by atoms with Crippen molar-refractivity contribution in [1.29, 1.82) is 5.26 Å². The lowest BCUT2D eigenvalue weighted by Gasteiger charge is -2.06. The van der Waals surface area contributed by atoms with Crippen molar-refractivity contribution in [2.24, 2.45) is 0 Å². The molecule has 72 valence electrons. The fraction of sp³-hybridized carbons (Fsp3) is 0.100. The minimum absolute atomic E-state index is 0.474. The highest BCUT2D eigenvalue weighted by Gasteiger charge is 2.04. The maximum absolute atomic E-state index is 8.73. The highest BCUT2D eigenvalue weighted by Crippen LogP contribution is 2.21. The predicted molar refractivity (Wildman–Crippen MR) is 62.0 cm³/mol. The first-order valence-electron chi connectivity index (χ1n) is 3.92. The molecule has 0 bridgehead atoms. The highest BCUT2D eigenvalue weighted by atomic mass is 79.9. The molecular weight excluding hydrogens is 263 g/mol.